The Balaban J connectivity index is 0.000000176. The number of hydrogen-bond acceptors (Lipinski definition) is 7. The summed E-state index contributed by atoms with van der Waals surface area (Å²) in [6, 6.07) is 22.3. The van der Waals surface area contributed by atoms with Crippen LogP contribution in [0.1, 0.15) is 108 Å². The van der Waals surface area contributed by atoms with Crippen LogP contribution in [-0.4, -0.2) is 136 Å². The van der Waals surface area contributed by atoms with Gasteiger partial charge < -0.3 is 30.0 Å². The smallest absolute Gasteiger partial charge is 0.295 e. The molecule has 16 heteroatoms. The van der Waals surface area contributed by atoms with Gasteiger partial charge in [0, 0.05) is 111 Å². The monoisotopic (exact) mass is 994 g/mol. The summed E-state index contributed by atoms with van der Waals surface area (Å²) in [5, 5.41) is 5.47. The van der Waals surface area contributed by atoms with Crippen LogP contribution in [0.5, 0.6) is 0 Å². The van der Waals surface area contributed by atoms with E-state index in [1.165, 1.54) is 56.4 Å². The second-order valence-corrected chi connectivity index (χ2v) is 19.7. The third kappa shape index (κ3) is 11.4. The molecule has 0 saturated carbocycles. The van der Waals surface area contributed by atoms with E-state index in [4.69, 9.17) is 23.2 Å². The first-order valence-corrected chi connectivity index (χ1v) is 25.2. The number of halogens is 4. The molecule has 0 spiro atoms. The number of H-pyrrole nitrogens is 2. The summed E-state index contributed by atoms with van der Waals surface area (Å²) in [6.45, 7) is 15.9. The van der Waals surface area contributed by atoms with Crippen molar-refractivity contribution < 1.29 is 28.0 Å². The molecule has 370 valence electrons. The number of Topliss-reactive ketones (excluding diaryl/α,β-unsaturated/α-hetero) is 1. The number of nitrogens with one attached hydrogen (secondary N) is 3. The Morgan fingerprint density at radius 3 is 1.59 bits per heavy atom. The van der Waals surface area contributed by atoms with Gasteiger partial charge in [-0.05, 0) is 132 Å². The van der Waals surface area contributed by atoms with Crippen LogP contribution in [0.3, 0.4) is 0 Å². The zero-order chi connectivity index (χ0) is 49.6. The molecule has 2 aromatic heterocycles. The summed E-state index contributed by atoms with van der Waals surface area (Å²) in [5.41, 5.74) is 4.73. The van der Waals surface area contributed by atoms with Crippen LogP contribution in [0.25, 0.3) is 21.8 Å². The molecule has 6 aromatic rings. The minimum absolute atomic E-state index is 0.0327. The molecule has 70 heavy (non-hydrogen) atoms. The lowest BCUT2D eigenvalue weighted by Gasteiger charge is -2.42. The molecule has 10 rings (SSSR count). The number of nitrogens with zero attached hydrogens (tertiary/aromatic N) is 5. The Bertz CT molecular complexity index is 2800. The quantitative estimate of drug-likeness (QED) is 0.102. The first kappa shape index (κ1) is 50.7. The number of fused-ring (bicyclic) bond motifs is 2. The first-order valence-electron chi connectivity index (χ1n) is 24.4. The zero-order valence-corrected chi connectivity index (χ0v) is 41.8. The number of likely N-dealkylation sites (tertiary alicyclic amines) is 1. The third-order valence-electron chi connectivity index (χ3n) is 14.3. The number of hydrogen-bond donors (Lipinski definition) is 3. The lowest BCUT2D eigenvalue weighted by atomic mass is 10.0. The number of aromatic nitrogens is 2. The summed E-state index contributed by atoms with van der Waals surface area (Å²) in [5.74, 6) is -1.82. The summed E-state index contributed by atoms with van der Waals surface area (Å²) < 4.78 is 26.5. The van der Waals surface area contributed by atoms with Crippen LogP contribution < -0.4 is 5.32 Å². The second kappa shape index (κ2) is 22.6. The van der Waals surface area contributed by atoms with Crippen LogP contribution in [0.15, 0.2) is 91.3 Å². The van der Waals surface area contributed by atoms with E-state index in [2.05, 4.69) is 45.9 Å². The van der Waals surface area contributed by atoms with Crippen LogP contribution in [-0.2, 0) is 4.79 Å². The van der Waals surface area contributed by atoms with Gasteiger partial charge in [-0.15, -0.1) is 0 Å². The summed E-state index contributed by atoms with van der Waals surface area (Å²) in [7, 11) is 0. The molecule has 0 aliphatic carbocycles. The fraction of sp³-hybridized carbons (Fsp3) is 0.407. The first-order chi connectivity index (χ1) is 33.7. The van der Waals surface area contributed by atoms with E-state index >= 15 is 0 Å². The molecule has 0 radical (unpaired) electrons. The lowest BCUT2D eigenvalue weighted by Crippen LogP contribution is -2.54. The molecule has 12 nitrogen and oxygen atoms in total. The van der Waals surface area contributed by atoms with Crippen molar-refractivity contribution in [2.75, 3.05) is 65.4 Å². The van der Waals surface area contributed by atoms with Gasteiger partial charge in [-0.2, -0.15) is 0 Å². The fourth-order valence-electron chi connectivity index (χ4n) is 10.0. The van der Waals surface area contributed by atoms with Gasteiger partial charge in [-0.25, -0.2) is 8.78 Å². The number of ketones is 1. The van der Waals surface area contributed by atoms with Gasteiger partial charge in [0.25, 0.3) is 23.5 Å². The fourth-order valence-corrected chi connectivity index (χ4v) is 10.5. The predicted octanol–water partition coefficient (Wildman–Crippen LogP) is 9.91. The topological polar surface area (TPSA) is 128 Å². The molecule has 4 fully saturated rings. The van der Waals surface area contributed by atoms with Crippen molar-refractivity contribution in [1.29, 1.82) is 0 Å². The summed E-state index contributed by atoms with van der Waals surface area (Å²) >= 11 is 12.9. The van der Waals surface area contributed by atoms with Crippen LogP contribution in [0.4, 0.5) is 8.78 Å². The molecular weight excluding hydrogens is 934 g/mol. The minimum atomic E-state index is -0.578. The number of amides is 3. The molecule has 3 amide bonds. The highest BCUT2D eigenvalue weighted by Crippen LogP contribution is 2.32. The van der Waals surface area contributed by atoms with Crippen molar-refractivity contribution in [2.24, 2.45) is 0 Å². The van der Waals surface area contributed by atoms with Gasteiger partial charge in [0.15, 0.2) is 0 Å². The van der Waals surface area contributed by atoms with Gasteiger partial charge in [0.1, 0.15) is 11.6 Å². The standard InChI is InChI=1S/C28H30ClFN4O3.C22H23ClFN3O.C4H9N/c1-17-16-33(18(2)19-5-7-20(30)8-6-19)11-12-34(17)27(36)22-13-21-23(15-31-25(21)14-24(22)29)26(35)28(37)32-9-3-4-10-32;1-14-13-26(15(2)16-3-5-18(24)6-4-16)9-10-27(14)22(28)19-11-17-7-8-25-21(17)12-20(19)23;1-2-4-5-3-1/h5-8,13-15,17-18,31H,3-4,9-12,16H2,1-2H3;3-8,11-12,14-15,25H,9-10,13H2,1-2H3;5H,1-4H2/t17-,18-;14-,15-;/m11./s1. The number of carbonyl (C=O) groups excluding carboxylic acids is 4. The predicted molar refractivity (Wildman–Crippen MR) is 273 cm³/mol. The van der Waals surface area contributed by atoms with E-state index in [1.807, 2.05) is 48.4 Å². The van der Waals surface area contributed by atoms with E-state index in [9.17, 15) is 28.0 Å². The minimum Gasteiger partial charge on any atom is -0.361 e. The van der Waals surface area contributed by atoms with Crippen molar-refractivity contribution in [3.63, 3.8) is 0 Å². The Morgan fingerprint density at radius 2 is 1.10 bits per heavy atom. The average Bonchev–Trinajstić information content (AvgIpc) is 4.23. The number of benzene rings is 4. The van der Waals surface area contributed by atoms with E-state index in [1.54, 1.807) is 34.1 Å². The molecule has 3 N–H and O–H groups in total. The highest BCUT2D eigenvalue weighted by molar-refractivity contribution is 6.45. The molecule has 0 unspecified atom stereocenters. The highest BCUT2D eigenvalue weighted by Gasteiger charge is 2.34. The Morgan fingerprint density at radius 1 is 0.600 bits per heavy atom. The van der Waals surface area contributed by atoms with Crippen molar-refractivity contribution in [3.05, 3.63) is 141 Å². The molecule has 0 bridgehead atoms. The Hall–Kier alpha value is -5.64. The number of carbonyl (C=O) groups is 4. The van der Waals surface area contributed by atoms with Crippen molar-refractivity contribution in [3.8, 4) is 0 Å². The maximum atomic E-state index is 13.6. The molecule has 6 heterocycles. The van der Waals surface area contributed by atoms with E-state index in [-0.39, 0.29) is 53.2 Å². The Kier molecular flexibility index (Phi) is 16.4. The van der Waals surface area contributed by atoms with Gasteiger partial charge in [-0.1, -0.05) is 47.5 Å². The maximum Gasteiger partial charge on any atom is 0.295 e. The van der Waals surface area contributed by atoms with Gasteiger partial charge >= 0.3 is 0 Å². The SMILES string of the molecule is C1CCNC1.C[C@H](c1ccc(F)cc1)N1CCN(C(=O)c2cc3c(C(=O)C(=O)N4CCCC4)c[nH]c3cc2Cl)[C@H](C)C1.C[C@H](c1ccc(F)cc1)N1CCN(C(=O)c2cc3cc[nH]c3cc2Cl)[C@H](C)C1. The molecular formula is C54H62Cl2F2N8O4. The van der Waals surface area contributed by atoms with E-state index in [0.29, 0.717) is 71.3 Å². The van der Waals surface area contributed by atoms with Crippen molar-refractivity contribution in [2.45, 2.75) is 77.5 Å². The van der Waals surface area contributed by atoms with Crippen molar-refractivity contribution >= 4 is 68.5 Å². The van der Waals surface area contributed by atoms with Crippen molar-refractivity contribution in [1.82, 2.24) is 39.8 Å². The maximum absolute atomic E-state index is 13.6. The average molecular weight is 996 g/mol. The number of piperazine rings is 2. The van der Waals surface area contributed by atoms with Crippen LogP contribution >= 0.6 is 23.2 Å². The largest absolute Gasteiger partial charge is 0.361 e. The number of aromatic amines is 2. The normalized spacial score (nSPS) is 19.6. The zero-order valence-electron chi connectivity index (χ0n) is 40.3. The summed E-state index contributed by atoms with van der Waals surface area (Å²) in [6.07, 6.45) is 7.93. The van der Waals surface area contributed by atoms with Crippen LogP contribution in [0, 0.1) is 11.6 Å². The summed E-state index contributed by atoms with van der Waals surface area (Å²) in [4.78, 5) is 68.5. The third-order valence-corrected chi connectivity index (χ3v) is 14.9. The van der Waals surface area contributed by atoms with E-state index in [0.717, 1.165) is 48.0 Å². The molecule has 4 aliphatic rings. The molecule has 4 aliphatic heterocycles. The molecule has 4 atom stereocenters. The number of rotatable bonds is 8. The molecule has 4 saturated heterocycles. The van der Waals surface area contributed by atoms with Gasteiger partial charge in [0.2, 0.25) is 0 Å². The van der Waals surface area contributed by atoms with Gasteiger partial charge in [-0.3, -0.25) is 29.0 Å². The Labute approximate surface area is 418 Å². The van der Waals surface area contributed by atoms with E-state index < -0.39 is 11.7 Å². The van der Waals surface area contributed by atoms with Crippen LogP contribution in [0.2, 0.25) is 10.0 Å². The molecule has 4 aromatic carbocycles. The second-order valence-electron chi connectivity index (χ2n) is 18.9. The highest BCUT2D eigenvalue weighted by atomic mass is 35.5. The van der Waals surface area contributed by atoms with Gasteiger partial charge in [0.05, 0.1) is 26.7 Å². The lowest BCUT2D eigenvalue weighted by molar-refractivity contribution is -0.125.